The van der Waals surface area contributed by atoms with Gasteiger partial charge in [0, 0.05) is 31.1 Å². The van der Waals surface area contributed by atoms with Crippen LogP contribution in [0, 0.1) is 10.1 Å². The first-order valence-electron chi connectivity index (χ1n) is 10.2. The third-order valence-electron chi connectivity index (χ3n) is 5.96. The summed E-state index contributed by atoms with van der Waals surface area (Å²) in [6.07, 6.45) is 1.34. The van der Waals surface area contributed by atoms with E-state index in [-0.39, 0.29) is 40.5 Å². The van der Waals surface area contributed by atoms with Gasteiger partial charge in [-0.1, -0.05) is 23.7 Å². The molecule has 2 aliphatic heterocycles. The number of para-hydroxylation sites is 1. The quantitative estimate of drug-likeness (QED) is 0.522. The molecule has 166 valence electrons. The smallest absolute Gasteiger partial charge is 0.289 e. The van der Waals surface area contributed by atoms with E-state index in [0.29, 0.717) is 37.1 Å². The molecule has 4 rings (SSSR count). The Labute approximate surface area is 189 Å². The van der Waals surface area contributed by atoms with Gasteiger partial charge in [-0.2, -0.15) is 0 Å². The molecule has 1 N–H and O–H groups in total. The molecule has 0 saturated carbocycles. The third kappa shape index (κ3) is 3.69. The number of fused-ring (bicyclic) bond motifs is 3. The summed E-state index contributed by atoms with van der Waals surface area (Å²) in [5.41, 5.74) is 0.309. The van der Waals surface area contributed by atoms with Crippen LogP contribution in [-0.2, 0) is 9.59 Å². The number of nitrogens with zero attached hydrogens (tertiary/aromatic N) is 3. The second-order valence-corrected chi connectivity index (χ2v) is 8.40. The van der Waals surface area contributed by atoms with Crippen LogP contribution in [0.4, 0.5) is 17.1 Å². The molecule has 2 aromatic carbocycles. The van der Waals surface area contributed by atoms with Crippen LogP contribution < -0.4 is 10.2 Å². The van der Waals surface area contributed by atoms with Crippen LogP contribution in [0.5, 0.6) is 0 Å². The molecule has 0 bridgehead atoms. The summed E-state index contributed by atoms with van der Waals surface area (Å²) in [6, 6.07) is 11.1. The Morgan fingerprint density at radius 3 is 2.75 bits per heavy atom. The molecule has 3 amide bonds. The molecule has 32 heavy (non-hydrogen) atoms. The molecule has 1 fully saturated rings. The maximum Gasteiger partial charge on any atom is 0.289 e. The van der Waals surface area contributed by atoms with E-state index in [9.17, 15) is 24.5 Å². The molecule has 1 unspecified atom stereocenters. The summed E-state index contributed by atoms with van der Waals surface area (Å²) in [5.74, 6) is -0.529. The van der Waals surface area contributed by atoms with Gasteiger partial charge in [0.15, 0.2) is 0 Å². The lowest BCUT2D eigenvalue weighted by molar-refractivity contribution is -0.384. The summed E-state index contributed by atoms with van der Waals surface area (Å²) in [7, 11) is 0. The second-order valence-electron chi connectivity index (χ2n) is 8.00. The molecule has 1 saturated heterocycles. The van der Waals surface area contributed by atoms with Gasteiger partial charge in [0.05, 0.1) is 16.2 Å². The zero-order valence-electron chi connectivity index (χ0n) is 17.3. The number of carbonyl (C=O) groups excluding carboxylic acids is 3. The van der Waals surface area contributed by atoms with Crippen LogP contribution >= 0.6 is 11.6 Å². The number of rotatable bonds is 6. The monoisotopic (exact) mass is 456 g/mol. The molecule has 2 heterocycles. The van der Waals surface area contributed by atoms with Crippen molar-refractivity contribution in [1.29, 1.82) is 0 Å². The normalized spacial score (nSPS) is 19.6. The Kier molecular flexibility index (Phi) is 5.60. The van der Waals surface area contributed by atoms with Crippen LogP contribution in [0.15, 0.2) is 42.5 Å². The van der Waals surface area contributed by atoms with E-state index >= 15 is 0 Å². The number of amides is 3. The van der Waals surface area contributed by atoms with Gasteiger partial charge in [-0.25, -0.2) is 0 Å². The highest BCUT2D eigenvalue weighted by atomic mass is 35.5. The molecular weight excluding hydrogens is 436 g/mol. The number of anilines is 2. The van der Waals surface area contributed by atoms with Crippen molar-refractivity contribution in [2.24, 2.45) is 0 Å². The summed E-state index contributed by atoms with van der Waals surface area (Å²) in [4.78, 5) is 51.9. The zero-order valence-corrected chi connectivity index (χ0v) is 18.1. The number of nitro benzene ring substituents is 1. The molecule has 9 nitrogen and oxygen atoms in total. The van der Waals surface area contributed by atoms with E-state index in [4.69, 9.17) is 11.6 Å². The Morgan fingerprint density at radius 1 is 1.25 bits per heavy atom. The largest absolute Gasteiger partial charge is 0.326 e. The summed E-state index contributed by atoms with van der Waals surface area (Å²) in [6.45, 7) is 2.17. The minimum atomic E-state index is -0.768. The van der Waals surface area contributed by atoms with E-state index in [2.05, 4.69) is 5.32 Å². The lowest BCUT2D eigenvalue weighted by Gasteiger charge is -2.48. The maximum absolute atomic E-state index is 13.2. The predicted octanol–water partition coefficient (Wildman–Crippen LogP) is 3.97. The number of hydrogen-bond donors (Lipinski definition) is 1. The summed E-state index contributed by atoms with van der Waals surface area (Å²) >= 11 is 5.79. The number of hydrogen-bond acceptors (Lipinski definition) is 5. The van der Waals surface area contributed by atoms with E-state index in [0.717, 1.165) is 0 Å². The first-order valence-corrected chi connectivity index (χ1v) is 10.6. The van der Waals surface area contributed by atoms with Gasteiger partial charge in [0.1, 0.15) is 10.7 Å². The molecule has 0 aliphatic carbocycles. The molecule has 2 aromatic rings. The van der Waals surface area contributed by atoms with E-state index in [1.807, 2.05) is 6.92 Å². The predicted molar refractivity (Wildman–Crippen MR) is 119 cm³/mol. The Hall–Kier alpha value is -3.46. The van der Waals surface area contributed by atoms with Gasteiger partial charge >= 0.3 is 0 Å². The summed E-state index contributed by atoms with van der Waals surface area (Å²) < 4.78 is 0. The van der Waals surface area contributed by atoms with Crippen LogP contribution in [0.2, 0.25) is 5.02 Å². The lowest BCUT2D eigenvalue weighted by atomic mass is 9.98. The third-order valence-corrected chi connectivity index (χ3v) is 6.28. The highest BCUT2D eigenvalue weighted by molar-refractivity contribution is 6.32. The summed E-state index contributed by atoms with van der Waals surface area (Å²) in [5, 5.41) is 13.6. The number of benzene rings is 2. The number of nitrogens with one attached hydrogen (secondary N) is 1. The maximum atomic E-state index is 13.2. The number of carbonyl (C=O) groups is 3. The van der Waals surface area contributed by atoms with Crippen molar-refractivity contribution in [2.45, 2.75) is 38.3 Å². The average molecular weight is 457 g/mol. The van der Waals surface area contributed by atoms with Crippen LogP contribution in [0.3, 0.4) is 0 Å². The SMILES string of the molecule is CC12CCC(=O)N1c1ccccc1C(=O)N2CCCC(=O)Nc1ccc(Cl)c([N+](=O)[O-])c1. The first kappa shape index (κ1) is 21.8. The van der Waals surface area contributed by atoms with Crippen molar-refractivity contribution in [3.05, 3.63) is 63.2 Å². The van der Waals surface area contributed by atoms with E-state index in [1.54, 1.807) is 34.1 Å². The van der Waals surface area contributed by atoms with Crippen molar-refractivity contribution >= 4 is 46.4 Å². The fourth-order valence-corrected chi connectivity index (χ4v) is 4.58. The number of nitro groups is 1. The van der Waals surface area contributed by atoms with E-state index < -0.39 is 10.6 Å². The highest BCUT2D eigenvalue weighted by Crippen LogP contribution is 2.44. The van der Waals surface area contributed by atoms with Crippen molar-refractivity contribution < 1.29 is 19.3 Å². The number of halogens is 1. The lowest BCUT2D eigenvalue weighted by Crippen LogP contribution is -2.62. The molecule has 0 radical (unpaired) electrons. The minimum absolute atomic E-state index is 0.0131. The second kappa shape index (κ2) is 8.23. The standard InChI is InChI=1S/C22H21ClN4O5/c1-22-11-10-20(29)26(22)17-6-3-2-5-15(17)21(30)25(22)12-4-7-19(28)24-14-8-9-16(23)18(13-14)27(31)32/h2-3,5-6,8-9,13H,4,7,10-12H2,1H3,(H,24,28). The van der Waals surface area contributed by atoms with Crippen molar-refractivity contribution in [3.8, 4) is 0 Å². The molecule has 1 atom stereocenters. The fourth-order valence-electron chi connectivity index (χ4n) is 4.39. The van der Waals surface area contributed by atoms with Gasteiger partial charge in [0.25, 0.3) is 11.6 Å². The molecule has 10 heteroatoms. The molecule has 0 aromatic heterocycles. The van der Waals surface area contributed by atoms with Crippen LogP contribution in [0.25, 0.3) is 0 Å². The van der Waals surface area contributed by atoms with Crippen LogP contribution in [-0.4, -0.2) is 39.8 Å². The van der Waals surface area contributed by atoms with Crippen molar-refractivity contribution in [3.63, 3.8) is 0 Å². The van der Waals surface area contributed by atoms with Crippen molar-refractivity contribution in [2.75, 3.05) is 16.8 Å². The average Bonchev–Trinajstić information content (AvgIpc) is 3.07. The Balaban J connectivity index is 1.44. The molecule has 0 spiro atoms. The van der Waals surface area contributed by atoms with Gasteiger partial charge in [0.2, 0.25) is 11.8 Å². The Bertz CT molecular complexity index is 1140. The van der Waals surface area contributed by atoms with Gasteiger partial charge < -0.3 is 10.2 Å². The van der Waals surface area contributed by atoms with Gasteiger partial charge in [-0.15, -0.1) is 0 Å². The zero-order chi connectivity index (χ0) is 23.0. The topological polar surface area (TPSA) is 113 Å². The molecular formula is C22H21ClN4O5. The van der Waals surface area contributed by atoms with Crippen LogP contribution in [0.1, 0.15) is 43.0 Å². The van der Waals surface area contributed by atoms with Crippen molar-refractivity contribution in [1.82, 2.24) is 4.90 Å². The Morgan fingerprint density at radius 2 is 2.00 bits per heavy atom. The first-order chi connectivity index (χ1) is 15.2. The highest BCUT2D eigenvalue weighted by Gasteiger charge is 2.52. The van der Waals surface area contributed by atoms with Gasteiger partial charge in [-0.05, 0) is 44.0 Å². The van der Waals surface area contributed by atoms with Gasteiger partial charge in [-0.3, -0.25) is 29.4 Å². The fraction of sp³-hybridized carbons (Fsp3) is 0.318. The van der Waals surface area contributed by atoms with E-state index in [1.165, 1.54) is 18.2 Å². The minimum Gasteiger partial charge on any atom is -0.326 e. The molecule has 2 aliphatic rings.